The molecule has 3 amide bonds. The number of anilines is 2. The summed E-state index contributed by atoms with van der Waals surface area (Å²) >= 11 is 5.78. The van der Waals surface area contributed by atoms with E-state index in [1.807, 2.05) is 0 Å². The van der Waals surface area contributed by atoms with Crippen LogP contribution in [0.3, 0.4) is 0 Å². The zero-order valence-corrected chi connectivity index (χ0v) is 11.9. The predicted octanol–water partition coefficient (Wildman–Crippen LogP) is 2.81. The van der Waals surface area contributed by atoms with E-state index in [0.29, 0.717) is 33.8 Å². The molecule has 0 aliphatic heterocycles. The van der Waals surface area contributed by atoms with Crippen LogP contribution in [0, 0.1) is 0 Å². The van der Waals surface area contributed by atoms with Crippen molar-refractivity contribution in [2.24, 2.45) is 0 Å². The Morgan fingerprint density at radius 2 is 2.00 bits per heavy atom. The fraction of sp³-hybridized carbons (Fsp3) is 0. The average molecular weight is 316 g/mol. The molecule has 0 fully saturated rings. The Morgan fingerprint density at radius 1 is 1.23 bits per heavy atom. The molecule has 2 aromatic carbocycles. The van der Waals surface area contributed by atoms with Crippen LogP contribution in [0.4, 0.5) is 16.2 Å². The third-order valence-corrected chi connectivity index (χ3v) is 3.26. The van der Waals surface area contributed by atoms with E-state index < -0.39 is 6.03 Å². The Bertz CT molecular complexity index is 831. The summed E-state index contributed by atoms with van der Waals surface area (Å²) in [5, 5.41) is 13.4. The molecule has 0 bridgehead atoms. The van der Waals surface area contributed by atoms with Crippen molar-refractivity contribution in [1.82, 2.24) is 15.4 Å². The lowest BCUT2D eigenvalue weighted by Gasteiger charge is -2.16. The lowest BCUT2D eigenvalue weighted by Crippen LogP contribution is -2.33. The first kappa shape index (κ1) is 14.0. The van der Waals surface area contributed by atoms with Gasteiger partial charge in [0.25, 0.3) is 0 Å². The van der Waals surface area contributed by atoms with Gasteiger partial charge in [-0.3, -0.25) is 9.89 Å². The van der Waals surface area contributed by atoms with Crippen molar-refractivity contribution in [3.8, 4) is 0 Å². The maximum atomic E-state index is 12.2. The Morgan fingerprint density at radius 3 is 2.73 bits per heavy atom. The average Bonchev–Trinajstić information content (AvgIpc) is 2.98. The molecule has 8 heteroatoms. The van der Waals surface area contributed by atoms with Gasteiger partial charge in [-0.05, 0) is 42.5 Å². The van der Waals surface area contributed by atoms with Crippen LogP contribution in [0.1, 0.15) is 0 Å². The van der Waals surface area contributed by atoms with Crippen LogP contribution < -0.4 is 10.2 Å². The number of carbonyl (C=O) groups is 2. The highest BCUT2D eigenvalue weighted by Gasteiger charge is 2.16. The molecule has 1 heterocycles. The van der Waals surface area contributed by atoms with E-state index in [4.69, 9.17) is 11.6 Å². The van der Waals surface area contributed by atoms with Crippen LogP contribution in [0.15, 0.2) is 42.5 Å². The number of hydrogen-bond acceptors (Lipinski definition) is 4. The van der Waals surface area contributed by atoms with E-state index in [1.54, 1.807) is 42.5 Å². The molecule has 3 aromatic rings. The molecule has 0 radical (unpaired) electrons. The second-order valence-electron chi connectivity index (χ2n) is 4.43. The standard InChI is InChI=1S/C14H10ClN5O2/c15-9-1-3-10(4-2-9)16-14(22)20(8-21)11-5-6-12-13(7-11)18-19-17-12/h1-8H,(H,16,22)(H,17,18,19). The van der Waals surface area contributed by atoms with Gasteiger partial charge in [0.2, 0.25) is 6.41 Å². The summed E-state index contributed by atoms with van der Waals surface area (Å²) in [5.41, 5.74) is 2.20. The number of imide groups is 1. The van der Waals surface area contributed by atoms with Crippen LogP contribution in [0.5, 0.6) is 0 Å². The van der Waals surface area contributed by atoms with Gasteiger partial charge in [0, 0.05) is 10.7 Å². The molecule has 7 nitrogen and oxygen atoms in total. The van der Waals surface area contributed by atoms with Gasteiger partial charge in [-0.25, -0.2) is 9.69 Å². The normalized spacial score (nSPS) is 10.4. The molecule has 22 heavy (non-hydrogen) atoms. The molecule has 0 saturated carbocycles. The minimum absolute atomic E-state index is 0.392. The summed E-state index contributed by atoms with van der Waals surface area (Å²) in [6.07, 6.45) is 0.437. The van der Waals surface area contributed by atoms with E-state index in [0.717, 1.165) is 4.90 Å². The van der Waals surface area contributed by atoms with Gasteiger partial charge in [0.1, 0.15) is 5.52 Å². The first-order chi connectivity index (χ1) is 10.7. The van der Waals surface area contributed by atoms with Gasteiger partial charge < -0.3 is 5.32 Å². The van der Waals surface area contributed by atoms with Crippen LogP contribution in [-0.2, 0) is 4.79 Å². The summed E-state index contributed by atoms with van der Waals surface area (Å²) in [6.45, 7) is 0. The quantitative estimate of drug-likeness (QED) is 0.727. The summed E-state index contributed by atoms with van der Waals surface area (Å²) < 4.78 is 0. The lowest BCUT2D eigenvalue weighted by atomic mass is 10.2. The third kappa shape index (κ3) is 2.75. The smallest absolute Gasteiger partial charge is 0.307 e. The lowest BCUT2D eigenvalue weighted by molar-refractivity contribution is -0.106. The number of urea groups is 1. The maximum absolute atomic E-state index is 12.2. The highest BCUT2D eigenvalue weighted by Crippen LogP contribution is 2.20. The SMILES string of the molecule is O=CN(C(=O)Nc1ccc(Cl)cc1)c1ccc2[nH]nnc2c1. The molecule has 0 atom stereocenters. The number of aromatic amines is 1. The number of benzene rings is 2. The molecule has 110 valence electrons. The van der Waals surface area contributed by atoms with E-state index in [1.165, 1.54) is 0 Å². The summed E-state index contributed by atoms with van der Waals surface area (Å²) in [4.78, 5) is 24.4. The molecule has 1 aromatic heterocycles. The van der Waals surface area contributed by atoms with Gasteiger partial charge in [0.05, 0.1) is 11.2 Å². The number of fused-ring (bicyclic) bond motifs is 1. The second kappa shape index (κ2) is 5.82. The molecule has 0 unspecified atom stereocenters. The Hall–Kier alpha value is -2.93. The first-order valence-electron chi connectivity index (χ1n) is 6.29. The predicted molar refractivity (Wildman–Crippen MR) is 82.9 cm³/mol. The molecule has 0 aliphatic rings. The summed E-state index contributed by atoms with van der Waals surface area (Å²) in [5.74, 6) is 0. The second-order valence-corrected chi connectivity index (χ2v) is 4.86. The number of hydrogen-bond donors (Lipinski definition) is 2. The largest absolute Gasteiger partial charge is 0.332 e. The van der Waals surface area contributed by atoms with Gasteiger partial charge >= 0.3 is 6.03 Å². The summed E-state index contributed by atoms with van der Waals surface area (Å²) in [7, 11) is 0. The van der Waals surface area contributed by atoms with Crippen molar-refractivity contribution < 1.29 is 9.59 Å². The molecule has 3 rings (SSSR count). The number of H-pyrrole nitrogens is 1. The van der Waals surface area contributed by atoms with Crippen LogP contribution in [0.2, 0.25) is 5.02 Å². The Labute approximate surface area is 129 Å². The molecule has 0 aliphatic carbocycles. The van der Waals surface area contributed by atoms with Crippen molar-refractivity contribution >= 4 is 46.5 Å². The van der Waals surface area contributed by atoms with Crippen molar-refractivity contribution in [2.75, 3.05) is 10.2 Å². The fourth-order valence-electron chi connectivity index (χ4n) is 1.92. The molecule has 2 N–H and O–H groups in total. The first-order valence-corrected chi connectivity index (χ1v) is 6.67. The topological polar surface area (TPSA) is 91.0 Å². The van der Waals surface area contributed by atoms with E-state index in [2.05, 4.69) is 20.7 Å². The van der Waals surface area contributed by atoms with Gasteiger partial charge in [-0.15, -0.1) is 5.10 Å². The Kier molecular flexibility index (Phi) is 3.71. The van der Waals surface area contributed by atoms with Crippen molar-refractivity contribution in [2.45, 2.75) is 0 Å². The number of carbonyl (C=O) groups excluding carboxylic acids is 2. The van der Waals surface area contributed by atoms with Crippen molar-refractivity contribution in [3.05, 3.63) is 47.5 Å². The van der Waals surface area contributed by atoms with Gasteiger partial charge in [-0.2, -0.15) is 0 Å². The minimum Gasteiger partial charge on any atom is -0.307 e. The maximum Gasteiger partial charge on any atom is 0.332 e. The van der Waals surface area contributed by atoms with E-state index >= 15 is 0 Å². The summed E-state index contributed by atoms with van der Waals surface area (Å²) in [6, 6.07) is 10.9. The van der Waals surface area contributed by atoms with Crippen LogP contribution >= 0.6 is 11.6 Å². The monoisotopic (exact) mass is 315 g/mol. The fourth-order valence-corrected chi connectivity index (χ4v) is 2.05. The number of halogens is 1. The van der Waals surface area contributed by atoms with E-state index in [-0.39, 0.29) is 0 Å². The number of nitrogens with one attached hydrogen (secondary N) is 2. The highest BCUT2D eigenvalue weighted by atomic mass is 35.5. The van der Waals surface area contributed by atoms with Gasteiger partial charge in [0.15, 0.2) is 0 Å². The molecular formula is C14H10ClN5O2. The number of amides is 3. The zero-order chi connectivity index (χ0) is 15.5. The number of nitrogens with zero attached hydrogens (tertiary/aromatic N) is 3. The van der Waals surface area contributed by atoms with Gasteiger partial charge in [-0.1, -0.05) is 16.8 Å². The molecule has 0 spiro atoms. The van der Waals surface area contributed by atoms with Crippen molar-refractivity contribution in [3.63, 3.8) is 0 Å². The zero-order valence-electron chi connectivity index (χ0n) is 11.2. The molecule has 0 saturated heterocycles. The van der Waals surface area contributed by atoms with Crippen LogP contribution in [0.25, 0.3) is 11.0 Å². The Balaban J connectivity index is 1.84. The van der Waals surface area contributed by atoms with E-state index in [9.17, 15) is 9.59 Å². The highest BCUT2D eigenvalue weighted by molar-refractivity contribution is 6.30. The number of rotatable bonds is 3. The van der Waals surface area contributed by atoms with Crippen molar-refractivity contribution in [1.29, 1.82) is 0 Å². The number of aromatic nitrogens is 3. The van der Waals surface area contributed by atoms with Crippen LogP contribution in [-0.4, -0.2) is 27.9 Å². The third-order valence-electron chi connectivity index (χ3n) is 3.01. The molecular weight excluding hydrogens is 306 g/mol. The minimum atomic E-state index is -0.583.